The molecule has 0 spiro atoms. The van der Waals surface area contributed by atoms with Crippen LogP contribution < -0.4 is 4.74 Å². The summed E-state index contributed by atoms with van der Waals surface area (Å²) in [5.41, 5.74) is 0. The highest BCUT2D eigenvalue weighted by molar-refractivity contribution is 5.78. The molecule has 2 fully saturated rings. The molecule has 0 unspecified atom stereocenters. The van der Waals surface area contributed by atoms with Crippen LogP contribution in [0.1, 0.15) is 0 Å². The van der Waals surface area contributed by atoms with Crippen LogP contribution in [0.25, 0.3) is 0 Å². The van der Waals surface area contributed by atoms with Crippen LogP contribution in [-0.4, -0.2) is 78.8 Å². The lowest BCUT2D eigenvalue weighted by Gasteiger charge is -2.30. The van der Waals surface area contributed by atoms with Crippen LogP contribution in [0.3, 0.4) is 0 Å². The molecule has 0 radical (unpaired) electrons. The molecule has 0 aliphatic carbocycles. The Morgan fingerprint density at radius 2 is 1.96 bits per heavy atom. The monoisotopic (exact) mass is 334 g/mol. The number of hydrogen-bond acceptors (Lipinski definition) is 5. The lowest BCUT2D eigenvalue weighted by molar-refractivity contribution is -0.138. The zero-order chi connectivity index (χ0) is 16.9. The second-order valence-electron chi connectivity index (χ2n) is 6.29. The summed E-state index contributed by atoms with van der Waals surface area (Å²) in [6.45, 7) is 2.69. The number of carboxylic acids is 1. The number of carboxylic acid groups (broad SMARTS) is 1. The van der Waals surface area contributed by atoms with Gasteiger partial charge in [0.2, 0.25) is 0 Å². The van der Waals surface area contributed by atoms with Gasteiger partial charge in [-0.25, -0.2) is 0 Å². The van der Waals surface area contributed by atoms with Crippen molar-refractivity contribution in [1.82, 2.24) is 9.80 Å². The maximum atomic E-state index is 12.6. The molecule has 2 bridgehead atoms. The third kappa shape index (κ3) is 4.24. The van der Waals surface area contributed by atoms with Crippen LogP contribution in [0.15, 0.2) is 30.3 Å². The number of carbonyl (C=O) groups excluding carboxylic acids is 1. The van der Waals surface area contributed by atoms with Crippen molar-refractivity contribution in [2.45, 2.75) is 6.04 Å². The lowest BCUT2D eigenvalue weighted by atomic mass is 10.1. The number of amides is 1. The van der Waals surface area contributed by atoms with Crippen LogP contribution in [0, 0.1) is 5.92 Å². The van der Waals surface area contributed by atoms with Gasteiger partial charge in [-0.3, -0.25) is 14.5 Å². The Balaban J connectivity index is 1.64. The molecular weight excluding hydrogens is 312 g/mol. The molecule has 7 nitrogen and oxygen atoms in total. The highest BCUT2D eigenvalue weighted by Gasteiger charge is 2.36. The minimum absolute atomic E-state index is 0.00442. The Hall–Kier alpha value is -2.12. The Labute approximate surface area is 140 Å². The molecule has 1 amide bonds. The molecule has 1 aromatic carbocycles. The van der Waals surface area contributed by atoms with Crippen molar-refractivity contribution in [3.8, 4) is 5.75 Å². The van der Waals surface area contributed by atoms with E-state index in [1.807, 2.05) is 35.2 Å². The predicted octanol–water partition coefficient (Wildman–Crippen LogP) is 0.309. The molecule has 0 aromatic heterocycles. The Kier molecular flexibility index (Phi) is 5.32. The molecule has 2 aliphatic rings. The lowest BCUT2D eigenvalue weighted by Crippen LogP contribution is -2.48. The molecule has 130 valence electrons. The first-order valence-electron chi connectivity index (χ1n) is 8.11. The summed E-state index contributed by atoms with van der Waals surface area (Å²) in [5.74, 6) is -0.150. The van der Waals surface area contributed by atoms with Gasteiger partial charge in [0.1, 0.15) is 5.75 Å². The largest absolute Gasteiger partial charge is 0.484 e. The molecular formula is C17H22N2O5. The van der Waals surface area contributed by atoms with Gasteiger partial charge in [0.25, 0.3) is 5.91 Å². The zero-order valence-electron chi connectivity index (χ0n) is 13.5. The number of carbonyl (C=O) groups is 2. The van der Waals surface area contributed by atoms with Crippen LogP contribution in [0.2, 0.25) is 0 Å². The van der Waals surface area contributed by atoms with E-state index in [1.54, 1.807) is 4.90 Å². The predicted molar refractivity (Wildman–Crippen MR) is 85.8 cm³/mol. The minimum Gasteiger partial charge on any atom is -0.484 e. The van der Waals surface area contributed by atoms with E-state index in [2.05, 4.69) is 0 Å². The van der Waals surface area contributed by atoms with Gasteiger partial charge < -0.3 is 19.5 Å². The van der Waals surface area contributed by atoms with Crippen LogP contribution in [0.5, 0.6) is 5.75 Å². The molecule has 3 rings (SSSR count). The average Bonchev–Trinajstić information content (AvgIpc) is 2.84. The third-order valence-corrected chi connectivity index (χ3v) is 4.33. The van der Waals surface area contributed by atoms with Gasteiger partial charge >= 0.3 is 5.97 Å². The average molecular weight is 334 g/mol. The number of nitrogens with zero attached hydrogens (tertiary/aromatic N) is 2. The molecule has 2 saturated heterocycles. The van der Waals surface area contributed by atoms with Crippen molar-refractivity contribution >= 4 is 11.9 Å². The zero-order valence-corrected chi connectivity index (χ0v) is 13.5. The number of benzene rings is 1. The summed E-state index contributed by atoms with van der Waals surface area (Å²) in [4.78, 5) is 27.3. The second-order valence-corrected chi connectivity index (χ2v) is 6.29. The van der Waals surface area contributed by atoms with E-state index >= 15 is 0 Å². The maximum absolute atomic E-state index is 12.6. The van der Waals surface area contributed by atoms with E-state index in [9.17, 15) is 9.59 Å². The summed E-state index contributed by atoms with van der Waals surface area (Å²) < 4.78 is 11.2. The quantitative estimate of drug-likeness (QED) is 0.835. The number of fused-ring (bicyclic) bond motifs is 3. The molecule has 0 saturated carbocycles. The van der Waals surface area contributed by atoms with E-state index in [0.29, 0.717) is 38.6 Å². The van der Waals surface area contributed by atoms with Crippen molar-refractivity contribution in [2.75, 3.05) is 46.0 Å². The van der Waals surface area contributed by atoms with Crippen molar-refractivity contribution in [1.29, 1.82) is 0 Å². The van der Waals surface area contributed by atoms with Crippen LogP contribution in [-0.2, 0) is 14.3 Å². The number of hydrogen-bond donors (Lipinski definition) is 1. The Bertz CT molecular complexity index is 580. The highest BCUT2D eigenvalue weighted by Crippen LogP contribution is 2.20. The molecule has 7 heteroatoms. The van der Waals surface area contributed by atoms with E-state index in [1.165, 1.54) is 0 Å². The van der Waals surface area contributed by atoms with E-state index in [4.69, 9.17) is 14.6 Å². The first-order valence-corrected chi connectivity index (χ1v) is 8.11. The van der Waals surface area contributed by atoms with Gasteiger partial charge in [0, 0.05) is 25.6 Å². The van der Waals surface area contributed by atoms with Gasteiger partial charge in [-0.05, 0) is 12.1 Å². The van der Waals surface area contributed by atoms with Crippen molar-refractivity contribution in [3.05, 3.63) is 30.3 Å². The fourth-order valence-corrected chi connectivity index (χ4v) is 3.31. The number of rotatable bonds is 5. The molecule has 2 aliphatic heterocycles. The molecule has 2 atom stereocenters. The Morgan fingerprint density at radius 3 is 2.71 bits per heavy atom. The molecule has 24 heavy (non-hydrogen) atoms. The van der Waals surface area contributed by atoms with Crippen molar-refractivity contribution in [2.24, 2.45) is 5.92 Å². The molecule has 1 aromatic rings. The molecule has 1 N–H and O–H groups in total. The molecule has 2 heterocycles. The standard InChI is InChI=1S/C17H22N2O5/c20-16(12-24-15-4-2-1-3-5-15)19-7-13-6-18(9-17(21)22)8-14(19)11-23-10-13/h1-5,13-14H,6-12H2,(H,21,22)/t13-,14-/m0/s1. The first kappa shape index (κ1) is 16.7. The third-order valence-electron chi connectivity index (χ3n) is 4.33. The summed E-state index contributed by atoms with van der Waals surface area (Å²) >= 11 is 0. The number of para-hydroxylation sites is 1. The van der Waals surface area contributed by atoms with Crippen LogP contribution in [0.4, 0.5) is 0 Å². The number of ether oxygens (including phenoxy) is 2. The summed E-state index contributed by atoms with van der Waals surface area (Å²) in [6.07, 6.45) is 0. The summed E-state index contributed by atoms with van der Waals surface area (Å²) in [6, 6.07) is 9.09. The number of aliphatic carboxylic acids is 1. The second kappa shape index (κ2) is 7.63. The summed E-state index contributed by atoms with van der Waals surface area (Å²) in [7, 11) is 0. The smallest absolute Gasteiger partial charge is 0.317 e. The van der Waals surface area contributed by atoms with Crippen LogP contribution >= 0.6 is 0 Å². The van der Waals surface area contributed by atoms with Crippen molar-refractivity contribution in [3.63, 3.8) is 0 Å². The fourth-order valence-electron chi connectivity index (χ4n) is 3.31. The maximum Gasteiger partial charge on any atom is 0.317 e. The summed E-state index contributed by atoms with van der Waals surface area (Å²) in [5, 5.41) is 9.03. The van der Waals surface area contributed by atoms with E-state index in [-0.39, 0.29) is 31.0 Å². The SMILES string of the molecule is O=C(O)CN1C[C@@H]2COC[C@H](C1)N(C(=O)COc1ccccc1)C2. The van der Waals surface area contributed by atoms with Gasteiger partial charge in [-0.2, -0.15) is 0 Å². The Morgan fingerprint density at radius 1 is 1.17 bits per heavy atom. The first-order chi connectivity index (χ1) is 11.6. The van der Waals surface area contributed by atoms with Crippen molar-refractivity contribution < 1.29 is 24.2 Å². The van der Waals surface area contributed by atoms with Gasteiger partial charge in [0.15, 0.2) is 6.61 Å². The van der Waals surface area contributed by atoms with E-state index < -0.39 is 5.97 Å². The van der Waals surface area contributed by atoms with Gasteiger partial charge in [-0.15, -0.1) is 0 Å². The topological polar surface area (TPSA) is 79.3 Å². The normalized spacial score (nSPS) is 24.2. The van der Waals surface area contributed by atoms with E-state index in [0.717, 1.165) is 0 Å². The fraction of sp³-hybridized carbons (Fsp3) is 0.529. The van der Waals surface area contributed by atoms with Gasteiger partial charge in [0.05, 0.1) is 25.8 Å². The minimum atomic E-state index is -0.846. The highest BCUT2D eigenvalue weighted by atomic mass is 16.5. The van der Waals surface area contributed by atoms with Gasteiger partial charge in [-0.1, -0.05) is 18.2 Å².